The van der Waals surface area contributed by atoms with E-state index < -0.39 is 10.0 Å². The van der Waals surface area contributed by atoms with Crippen LogP contribution in [0.15, 0.2) is 65.8 Å². The van der Waals surface area contributed by atoms with Crippen molar-refractivity contribution in [2.75, 3.05) is 13.1 Å². The van der Waals surface area contributed by atoms with E-state index in [1.807, 2.05) is 48.8 Å². The fourth-order valence-corrected chi connectivity index (χ4v) is 4.40. The summed E-state index contributed by atoms with van der Waals surface area (Å²) in [5.74, 6) is -0.248. The molecule has 152 valence electrons. The molecule has 0 bridgehead atoms. The number of imidazole rings is 1. The van der Waals surface area contributed by atoms with Crippen LogP contribution in [-0.4, -0.2) is 41.1 Å². The lowest BCUT2D eigenvalue weighted by Crippen LogP contribution is -2.30. The molecule has 0 saturated carbocycles. The molecule has 0 unspecified atom stereocenters. The van der Waals surface area contributed by atoms with Crippen molar-refractivity contribution in [2.24, 2.45) is 0 Å². The third-order valence-electron chi connectivity index (χ3n) is 4.51. The van der Waals surface area contributed by atoms with Crippen molar-refractivity contribution in [3.63, 3.8) is 0 Å². The molecule has 0 spiro atoms. The summed E-state index contributed by atoms with van der Waals surface area (Å²) in [5, 5.41) is 2.79. The Morgan fingerprint density at radius 3 is 2.52 bits per heavy atom. The van der Waals surface area contributed by atoms with Gasteiger partial charge in [-0.25, -0.2) is 13.4 Å². The van der Waals surface area contributed by atoms with Crippen molar-refractivity contribution >= 4 is 27.7 Å². The highest BCUT2D eigenvalue weighted by atomic mass is 32.2. The topological polar surface area (TPSA) is 83.8 Å². The molecule has 7 nitrogen and oxygen atoms in total. The first kappa shape index (κ1) is 20.8. The third-order valence-corrected chi connectivity index (χ3v) is 6.57. The van der Waals surface area contributed by atoms with Crippen LogP contribution < -0.4 is 5.32 Å². The molecule has 1 amide bonds. The Kier molecular flexibility index (Phi) is 6.46. The number of amides is 1. The summed E-state index contributed by atoms with van der Waals surface area (Å²) in [7, 11) is -3.48. The highest BCUT2D eigenvalue weighted by Gasteiger charge is 2.20. The van der Waals surface area contributed by atoms with Gasteiger partial charge < -0.3 is 9.72 Å². The second-order valence-electron chi connectivity index (χ2n) is 6.41. The molecule has 3 rings (SSSR count). The first-order valence-electron chi connectivity index (χ1n) is 9.42. The Labute approximate surface area is 170 Å². The van der Waals surface area contributed by atoms with E-state index in [0.29, 0.717) is 19.6 Å². The van der Waals surface area contributed by atoms with Crippen LogP contribution >= 0.6 is 0 Å². The van der Waals surface area contributed by atoms with Crippen molar-refractivity contribution in [3.8, 4) is 0 Å². The van der Waals surface area contributed by atoms with Gasteiger partial charge in [-0.3, -0.25) is 4.79 Å². The molecule has 8 heteroatoms. The number of nitrogens with one attached hydrogen (secondary N) is 1. The number of aromatic nitrogens is 2. The minimum atomic E-state index is -3.48. The summed E-state index contributed by atoms with van der Waals surface area (Å²) in [6, 6.07) is 12.2. The molecule has 0 radical (unpaired) electrons. The first-order valence-corrected chi connectivity index (χ1v) is 10.9. The van der Waals surface area contributed by atoms with Crippen LogP contribution in [0.4, 0.5) is 0 Å². The van der Waals surface area contributed by atoms with Crippen LogP contribution in [0.25, 0.3) is 11.7 Å². The minimum absolute atomic E-state index is 0.245. The number of benzene rings is 1. The summed E-state index contributed by atoms with van der Waals surface area (Å²) in [6.45, 7) is 4.79. The Morgan fingerprint density at radius 2 is 1.86 bits per heavy atom. The number of hydrogen-bond acceptors (Lipinski definition) is 4. The molecule has 0 aliphatic carbocycles. The molecule has 0 aliphatic rings. The van der Waals surface area contributed by atoms with Crippen LogP contribution in [0.5, 0.6) is 0 Å². The largest absolute Gasteiger partial charge is 0.347 e. The van der Waals surface area contributed by atoms with E-state index in [4.69, 9.17) is 0 Å². The fourth-order valence-electron chi connectivity index (χ4n) is 2.94. The van der Waals surface area contributed by atoms with E-state index in [9.17, 15) is 13.2 Å². The van der Waals surface area contributed by atoms with Crippen molar-refractivity contribution in [1.82, 2.24) is 19.0 Å². The maximum absolute atomic E-state index is 12.5. The predicted octanol–water partition coefficient (Wildman–Crippen LogP) is 2.69. The molecule has 0 saturated heterocycles. The Morgan fingerprint density at radius 1 is 1.14 bits per heavy atom. The van der Waals surface area contributed by atoms with E-state index in [0.717, 1.165) is 16.9 Å². The summed E-state index contributed by atoms with van der Waals surface area (Å²) >= 11 is 0. The number of sulfonamides is 1. The van der Waals surface area contributed by atoms with Crippen molar-refractivity contribution in [2.45, 2.75) is 25.3 Å². The SMILES string of the molecule is CCN(CC)S(=O)(=O)c1ccc(/C=C/C(=O)NCc2cn3ccccc3n2)cc1. The third kappa shape index (κ3) is 4.90. The number of fused-ring (bicyclic) bond motifs is 1. The number of nitrogens with zero attached hydrogens (tertiary/aromatic N) is 3. The lowest BCUT2D eigenvalue weighted by atomic mass is 10.2. The number of carbonyl (C=O) groups excluding carboxylic acids is 1. The smallest absolute Gasteiger partial charge is 0.244 e. The number of carbonyl (C=O) groups is 1. The van der Waals surface area contributed by atoms with Crippen LogP contribution in [0.3, 0.4) is 0 Å². The van der Waals surface area contributed by atoms with Gasteiger partial charge >= 0.3 is 0 Å². The molecule has 0 aliphatic heterocycles. The monoisotopic (exact) mass is 412 g/mol. The van der Waals surface area contributed by atoms with Crippen molar-refractivity contribution in [1.29, 1.82) is 0 Å². The second-order valence-corrected chi connectivity index (χ2v) is 8.35. The second kappa shape index (κ2) is 9.02. The molecule has 2 heterocycles. The van der Waals surface area contributed by atoms with Crippen LogP contribution in [0.2, 0.25) is 0 Å². The van der Waals surface area contributed by atoms with Gasteiger partial charge in [-0.1, -0.05) is 32.0 Å². The molecule has 1 N–H and O–H groups in total. The molecule has 29 heavy (non-hydrogen) atoms. The quantitative estimate of drug-likeness (QED) is 0.577. The van der Waals surface area contributed by atoms with Gasteiger partial charge in [0.25, 0.3) is 0 Å². The molecule has 0 atom stereocenters. The molecule has 2 aromatic heterocycles. The zero-order valence-corrected chi connectivity index (χ0v) is 17.3. The lowest BCUT2D eigenvalue weighted by molar-refractivity contribution is -0.116. The average molecular weight is 413 g/mol. The highest BCUT2D eigenvalue weighted by Crippen LogP contribution is 2.16. The van der Waals surface area contributed by atoms with E-state index in [-0.39, 0.29) is 10.8 Å². The molecular weight excluding hydrogens is 388 g/mol. The van der Waals surface area contributed by atoms with Gasteiger partial charge in [-0.2, -0.15) is 4.31 Å². The van der Waals surface area contributed by atoms with Crippen LogP contribution in [-0.2, 0) is 21.4 Å². The van der Waals surface area contributed by atoms with Gasteiger partial charge in [0.15, 0.2) is 0 Å². The standard InChI is InChI=1S/C21H24N4O3S/c1-3-25(4-2)29(27,28)19-11-8-17(9-12-19)10-13-21(26)22-15-18-16-24-14-6-5-7-20(24)23-18/h5-14,16H,3-4,15H2,1-2H3,(H,22,26)/b13-10+. The summed E-state index contributed by atoms with van der Waals surface area (Å²) in [4.78, 5) is 16.7. The fraction of sp³-hybridized carbons (Fsp3) is 0.238. The molecule has 0 fully saturated rings. The van der Waals surface area contributed by atoms with Gasteiger partial charge in [0.2, 0.25) is 15.9 Å². The number of rotatable bonds is 8. The number of pyridine rings is 1. The first-order chi connectivity index (χ1) is 13.9. The summed E-state index contributed by atoms with van der Waals surface area (Å²) < 4.78 is 28.3. The minimum Gasteiger partial charge on any atom is -0.347 e. The van der Waals surface area contributed by atoms with E-state index >= 15 is 0 Å². The zero-order chi connectivity index (χ0) is 20.9. The van der Waals surface area contributed by atoms with Crippen LogP contribution in [0, 0.1) is 0 Å². The van der Waals surface area contributed by atoms with E-state index in [1.165, 1.54) is 10.4 Å². The van der Waals surface area contributed by atoms with Gasteiger partial charge in [-0.15, -0.1) is 0 Å². The zero-order valence-electron chi connectivity index (χ0n) is 16.4. The summed E-state index contributed by atoms with van der Waals surface area (Å²) in [5.41, 5.74) is 2.34. The average Bonchev–Trinajstić information content (AvgIpc) is 3.15. The predicted molar refractivity (Wildman–Crippen MR) is 113 cm³/mol. The number of hydrogen-bond donors (Lipinski definition) is 1. The van der Waals surface area contributed by atoms with Gasteiger partial charge in [0, 0.05) is 31.6 Å². The van der Waals surface area contributed by atoms with Gasteiger partial charge in [0.05, 0.1) is 17.1 Å². The molecular formula is C21H24N4O3S. The summed E-state index contributed by atoms with van der Waals surface area (Å²) in [6.07, 6.45) is 6.84. The van der Waals surface area contributed by atoms with Crippen molar-refractivity contribution < 1.29 is 13.2 Å². The van der Waals surface area contributed by atoms with Crippen LogP contribution in [0.1, 0.15) is 25.1 Å². The van der Waals surface area contributed by atoms with E-state index in [2.05, 4.69) is 10.3 Å². The highest BCUT2D eigenvalue weighted by molar-refractivity contribution is 7.89. The Bertz CT molecular complexity index is 1080. The van der Waals surface area contributed by atoms with Gasteiger partial charge in [0.1, 0.15) is 5.65 Å². The lowest BCUT2D eigenvalue weighted by Gasteiger charge is -2.18. The molecule has 1 aromatic carbocycles. The Balaban J connectivity index is 1.60. The van der Waals surface area contributed by atoms with E-state index in [1.54, 1.807) is 30.3 Å². The maximum Gasteiger partial charge on any atom is 0.244 e. The molecule has 3 aromatic rings. The Hall–Kier alpha value is -2.97. The maximum atomic E-state index is 12.5. The normalized spacial score (nSPS) is 12.1. The van der Waals surface area contributed by atoms with Crippen molar-refractivity contribution in [3.05, 3.63) is 72.2 Å². The van der Waals surface area contributed by atoms with Gasteiger partial charge in [-0.05, 0) is 35.9 Å².